The van der Waals surface area contributed by atoms with Crippen molar-refractivity contribution in [2.45, 2.75) is 13.0 Å². The molecule has 0 heterocycles. The summed E-state index contributed by atoms with van der Waals surface area (Å²) in [5, 5.41) is 6.38. The molecule has 0 fully saturated rings. The second kappa shape index (κ2) is 6.81. The van der Waals surface area contributed by atoms with Crippen LogP contribution in [-0.4, -0.2) is 5.11 Å². The van der Waals surface area contributed by atoms with Crippen molar-refractivity contribution in [3.8, 4) is 0 Å². The molecule has 0 aliphatic rings. The Kier molecular flexibility index (Phi) is 5.09. The normalized spacial score (nSPS) is 11.8. The van der Waals surface area contributed by atoms with Crippen LogP contribution in [0.25, 0.3) is 0 Å². The summed E-state index contributed by atoms with van der Waals surface area (Å²) in [6.45, 7) is 2.00. The minimum atomic E-state index is -0.326. The number of thiocarbonyl (C=S) groups is 1. The molecule has 0 aromatic heterocycles. The minimum Gasteiger partial charge on any atom is -0.356 e. The molecule has 0 saturated heterocycles. The van der Waals surface area contributed by atoms with E-state index in [4.69, 9.17) is 12.2 Å². The molecule has 5 heteroatoms. The number of anilines is 1. The molecule has 104 valence electrons. The zero-order valence-electron chi connectivity index (χ0n) is 10.9. The maximum absolute atomic E-state index is 13.5. The molecule has 0 saturated carbocycles. The van der Waals surface area contributed by atoms with E-state index in [-0.39, 0.29) is 11.9 Å². The summed E-state index contributed by atoms with van der Waals surface area (Å²) in [4.78, 5) is 0. The Labute approximate surface area is 131 Å². The summed E-state index contributed by atoms with van der Waals surface area (Å²) in [5.41, 5.74) is 1.47. The number of rotatable bonds is 3. The standard InChI is InChI=1S/C15H14BrFN2S/c1-10(11-6-8-12(16)9-7-11)18-15(20)19-14-5-3-2-4-13(14)17/h2-10H,1H3,(H2,18,19,20)/t10-/m0/s1. The quantitative estimate of drug-likeness (QED) is 0.787. The number of hydrogen-bond donors (Lipinski definition) is 2. The average molecular weight is 353 g/mol. The molecule has 0 aliphatic carbocycles. The lowest BCUT2D eigenvalue weighted by atomic mass is 10.1. The zero-order chi connectivity index (χ0) is 14.5. The van der Waals surface area contributed by atoms with Gasteiger partial charge in [-0.1, -0.05) is 40.2 Å². The molecule has 0 amide bonds. The van der Waals surface area contributed by atoms with Gasteiger partial charge in [-0.05, 0) is 49.0 Å². The van der Waals surface area contributed by atoms with Crippen LogP contribution in [0, 0.1) is 5.82 Å². The van der Waals surface area contributed by atoms with Crippen molar-refractivity contribution in [1.82, 2.24) is 5.32 Å². The van der Waals surface area contributed by atoms with E-state index in [0.717, 1.165) is 10.0 Å². The Bertz CT molecular complexity index is 601. The van der Waals surface area contributed by atoms with E-state index in [1.807, 2.05) is 31.2 Å². The highest BCUT2D eigenvalue weighted by molar-refractivity contribution is 9.10. The Morgan fingerprint density at radius 1 is 1.15 bits per heavy atom. The molecule has 2 nitrogen and oxygen atoms in total. The van der Waals surface area contributed by atoms with E-state index in [1.54, 1.807) is 18.2 Å². The van der Waals surface area contributed by atoms with E-state index in [0.29, 0.717) is 10.8 Å². The maximum atomic E-state index is 13.5. The van der Waals surface area contributed by atoms with Crippen LogP contribution in [0.4, 0.5) is 10.1 Å². The van der Waals surface area contributed by atoms with Crippen LogP contribution in [0.3, 0.4) is 0 Å². The molecule has 0 spiro atoms. The third-order valence-corrected chi connectivity index (χ3v) is 3.59. The first-order chi connectivity index (χ1) is 9.56. The predicted octanol–water partition coefficient (Wildman–Crippen LogP) is 4.64. The molecule has 2 N–H and O–H groups in total. The first-order valence-electron chi connectivity index (χ1n) is 6.14. The van der Waals surface area contributed by atoms with Gasteiger partial charge in [-0.3, -0.25) is 0 Å². The molecule has 1 atom stereocenters. The van der Waals surface area contributed by atoms with E-state index >= 15 is 0 Å². The van der Waals surface area contributed by atoms with Crippen molar-refractivity contribution in [1.29, 1.82) is 0 Å². The lowest BCUT2D eigenvalue weighted by Crippen LogP contribution is -2.31. The number of hydrogen-bond acceptors (Lipinski definition) is 1. The van der Waals surface area contributed by atoms with Crippen LogP contribution in [0.5, 0.6) is 0 Å². The van der Waals surface area contributed by atoms with Gasteiger partial charge < -0.3 is 10.6 Å². The topological polar surface area (TPSA) is 24.1 Å². The first kappa shape index (κ1) is 14.9. The minimum absolute atomic E-state index is 0.0369. The molecular formula is C15H14BrFN2S. The smallest absolute Gasteiger partial charge is 0.171 e. The summed E-state index contributed by atoms with van der Waals surface area (Å²) < 4.78 is 14.5. The van der Waals surface area contributed by atoms with Gasteiger partial charge in [0.25, 0.3) is 0 Å². The lowest BCUT2D eigenvalue weighted by molar-refractivity contribution is 0.631. The number of nitrogens with one attached hydrogen (secondary N) is 2. The summed E-state index contributed by atoms with van der Waals surface area (Å²) in [5.74, 6) is -0.326. The molecular weight excluding hydrogens is 339 g/mol. The fourth-order valence-electron chi connectivity index (χ4n) is 1.75. The summed E-state index contributed by atoms with van der Waals surface area (Å²) in [6.07, 6.45) is 0. The van der Waals surface area contributed by atoms with Gasteiger partial charge in [0.05, 0.1) is 11.7 Å². The van der Waals surface area contributed by atoms with Gasteiger partial charge >= 0.3 is 0 Å². The van der Waals surface area contributed by atoms with Gasteiger partial charge in [-0.2, -0.15) is 0 Å². The van der Waals surface area contributed by atoms with Gasteiger partial charge in [0, 0.05) is 4.47 Å². The molecule has 20 heavy (non-hydrogen) atoms. The van der Waals surface area contributed by atoms with Crippen molar-refractivity contribution in [2.75, 3.05) is 5.32 Å². The highest BCUT2D eigenvalue weighted by atomic mass is 79.9. The van der Waals surface area contributed by atoms with Crippen molar-refractivity contribution >= 4 is 38.9 Å². The predicted molar refractivity (Wildman–Crippen MR) is 88.3 cm³/mol. The Morgan fingerprint density at radius 3 is 2.45 bits per heavy atom. The largest absolute Gasteiger partial charge is 0.356 e. The van der Waals surface area contributed by atoms with E-state index in [1.165, 1.54) is 6.07 Å². The molecule has 0 bridgehead atoms. The summed E-state index contributed by atoms with van der Waals surface area (Å²) in [6, 6.07) is 14.4. The Hall–Kier alpha value is -1.46. The molecule has 2 aromatic carbocycles. The highest BCUT2D eigenvalue weighted by Crippen LogP contribution is 2.17. The number of para-hydroxylation sites is 1. The van der Waals surface area contributed by atoms with Crippen LogP contribution in [0.1, 0.15) is 18.5 Å². The van der Waals surface area contributed by atoms with Crippen LogP contribution in [-0.2, 0) is 0 Å². The van der Waals surface area contributed by atoms with E-state index < -0.39 is 0 Å². The SMILES string of the molecule is C[C@H](NC(=S)Nc1ccccc1F)c1ccc(Br)cc1. The van der Waals surface area contributed by atoms with Crippen LogP contribution in [0.15, 0.2) is 53.0 Å². The lowest BCUT2D eigenvalue weighted by Gasteiger charge is -2.17. The summed E-state index contributed by atoms with van der Waals surface area (Å²) >= 11 is 8.60. The van der Waals surface area contributed by atoms with Crippen LogP contribution >= 0.6 is 28.1 Å². The van der Waals surface area contributed by atoms with E-state index in [9.17, 15) is 4.39 Å². The maximum Gasteiger partial charge on any atom is 0.171 e. The molecule has 0 unspecified atom stereocenters. The number of benzene rings is 2. The second-order valence-corrected chi connectivity index (χ2v) is 5.68. The third kappa shape index (κ3) is 4.02. The zero-order valence-corrected chi connectivity index (χ0v) is 13.3. The fourth-order valence-corrected chi connectivity index (χ4v) is 2.30. The molecule has 0 radical (unpaired) electrons. The Morgan fingerprint density at radius 2 is 1.80 bits per heavy atom. The average Bonchev–Trinajstić information content (AvgIpc) is 2.42. The van der Waals surface area contributed by atoms with Crippen molar-refractivity contribution in [2.24, 2.45) is 0 Å². The van der Waals surface area contributed by atoms with Crippen LogP contribution < -0.4 is 10.6 Å². The second-order valence-electron chi connectivity index (χ2n) is 4.35. The monoisotopic (exact) mass is 352 g/mol. The Balaban J connectivity index is 1.98. The van der Waals surface area contributed by atoms with E-state index in [2.05, 4.69) is 26.6 Å². The molecule has 2 aromatic rings. The van der Waals surface area contributed by atoms with Crippen molar-refractivity contribution in [3.63, 3.8) is 0 Å². The molecule has 2 rings (SSSR count). The van der Waals surface area contributed by atoms with Gasteiger partial charge in [0.1, 0.15) is 5.82 Å². The van der Waals surface area contributed by atoms with Crippen molar-refractivity contribution < 1.29 is 4.39 Å². The van der Waals surface area contributed by atoms with Gasteiger partial charge in [0.15, 0.2) is 5.11 Å². The van der Waals surface area contributed by atoms with Gasteiger partial charge in [-0.25, -0.2) is 4.39 Å². The molecule has 0 aliphatic heterocycles. The summed E-state index contributed by atoms with van der Waals surface area (Å²) in [7, 11) is 0. The van der Waals surface area contributed by atoms with Crippen LogP contribution in [0.2, 0.25) is 0 Å². The van der Waals surface area contributed by atoms with Crippen molar-refractivity contribution in [3.05, 3.63) is 64.4 Å². The third-order valence-electron chi connectivity index (χ3n) is 2.84. The highest BCUT2D eigenvalue weighted by Gasteiger charge is 2.08. The number of halogens is 2. The van der Waals surface area contributed by atoms with Gasteiger partial charge in [-0.15, -0.1) is 0 Å². The first-order valence-corrected chi connectivity index (χ1v) is 7.34. The van der Waals surface area contributed by atoms with Gasteiger partial charge in [0.2, 0.25) is 0 Å². The fraction of sp³-hybridized carbons (Fsp3) is 0.133.